The van der Waals surface area contributed by atoms with Crippen LogP contribution in [-0.4, -0.2) is 0 Å². The predicted molar refractivity (Wildman–Crippen MR) is 86.4 cm³/mol. The molecule has 1 aliphatic heterocycles. The van der Waals surface area contributed by atoms with E-state index in [1.54, 1.807) is 0 Å². The normalized spacial score (nSPS) is 15.9. The van der Waals surface area contributed by atoms with Crippen molar-refractivity contribution in [1.82, 2.24) is 0 Å². The van der Waals surface area contributed by atoms with Crippen LogP contribution in [0.15, 0.2) is 64.8 Å². The zero-order valence-electron chi connectivity index (χ0n) is 12.0. The summed E-state index contributed by atoms with van der Waals surface area (Å²) in [5.41, 5.74) is 8.84. The molecule has 2 aromatic rings. The molecule has 0 radical (unpaired) electrons. The third-order valence-corrected chi connectivity index (χ3v) is 4.20. The van der Waals surface area contributed by atoms with Crippen molar-refractivity contribution in [3.63, 3.8) is 0 Å². The Kier molecular flexibility index (Phi) is 2.81. The van der Waals surface area contributed by atoms with Crippen LogP contribution >= 0.6 is 0 Å². The van der Waals surface area contributed by atoms with Crippen LogP contribution < -0.4 is 0 Å². The van der Waals surface area contributed by atoms with Gasteiger partial charge in [0.05, 0.1) is 12.2 Å². The number of aryl methyl sites for hydroxylation is 1. The van der Waals surface area contributed by atoms with Crippen LogP contribution in [-0.2, 0) is 6.54 Å². The van der Waals surface area contributed by atoms with Crippen LogP contribution in [0.2, 0.25) is 0 Å². The van der Waals surface area contributed by atoms with Gasteiger partial charge in [0.25, 0.3) is 0 Å². The van der Waals surface area contributed by atoms with Gasteiger partial charge in [-0.3, -0.25) is 0 Å². The molecule has 1 aliphatic carbocycles. The van der Waals surface area contributed by atoms with Gasteiger partial charge in [-0.15, -0.1) is 0 Å². The molecule has 4 rings (SSSR count). The lowest BCUT2D eigenvalue weighted by Crippen LogP contribution is -1.84. The minimum atomic E-state index is 0.724. The fraction of sp³-hybridized carbons (Fsp3) is 0.158. The molecule has 2 aliphatic rings. The van der Waals surface area contributed by atoms with Gasteiger partial charge in [0.1, 0.15) is 0 Å². The minimum absolute atomic E-state index is 0.724. The lowest BCUT2D eigenvalue weighted by molar-refractivity contribution is 1.04. The Bertz CT molecular complexity index is 810. The Morgan fingerprint density at radius 1 is 1.05 bits per heavy atom. The maximum absolute atomic E-state index is 4.20. The zero-order chi connectivity index (χ0) is 14.2. The molecule has 2 aromatic carbocycles. The van der Waals surface area contributed by atoms with Crippen molar-refractivity contribution in [2.75, 3.05) is 0 Å². The molecule has 0 fully saturated rings. The first-order valence-electron chi connectivity index (χ1n) is 7.29. The molecule has 21 heavy (non-hydrogen) atoms. The number of nitrogens with zero attached hydrogens (tertiary/aromatic N) is 2. The fourth-order valence-electron chi connectivity index (χ4n) is 2.99. The summed E-state index contributed by atoms with van der Waals surface area (Å²) in [5.74, 6) is 0. The molecule has 0 amide bonds. The number of hydrogen-bond acceptors (Lipinski definition) is 2. The van der Waals surface area contributed by atoms with Gasteiger partial charge in [0.15, 0.2) is 0 Å². The van der Waals surface area contributed by atoms with E-state index in [4.69, 9.17) is 0 Å². The molecule has 0 atom stereocenters. The van der Waals surface area contributed by atoms with Crippen molar-refractivity contribution in [1.29, 1.82) is 0 Å². The molecule has 0 saturated heterocycles. The van der Waals surface area contributed by atoms with Gasteiger partial charge in [0, 0.05) is 5.56 Å². The van der Waals surface area contributed by atoms with Gasteiger partial charge in [-0.25, -0.2) is 0 Å². The Hall–Kier alpha value is -2.48. The molecule has 2 heteroatoms. The SMILES string of the molecule is Cc1ccccc1C1=CCC(c2ccc3c(c2)N=NC3)=C1. The zero-order valence-corrected chi connectivity index (χ0v) is 12.0. The van der Waals surface area contributed by atoms with Crippen LogP contribution in [0.5, 0.6) is 0 Å². The Balaban J connectivity index is 1.69. The van der Waals surface area contributed by atoms with E-state index in [2.05, 4.69) is 71.8 Å². The second-order valence-corrected chi connectivity index (χ2v) is 5.59. The highest BCUT2D eigenvalue weighted by molar-refractivity contribution is 5.90. The summed E-state index contributed by atoms with van der Waals surface area (Å²) in [7, 11) is 0. The summed E-state index contributed by atoms with van der Waals surface area (Å²) < 4.78 is 0. The van der Waals surface area contributed by atoms with E-state index in [-0.39, 0.29) is 0 Å². The number of rotatable bonds is 2. The molecule has 2 nitrogen and oxygen atoms in total. The van der Waals surface area contributed by atoms with Crippen LogP contribution in [0.3, 0.4) is 0 Å². The molecule has 0 N–H and O–H groups in total. The van der Waals surface area contributed by atoms with Gasteiger partial charge in [0.2, 0.25) is 0 Å². The first-order chi connectivity index (χ1) is 10.3. The lowest BCUT2D eigenvalue weighted by atomic mass is 10.00. The standard InChI is InChI=1S/C19H16N2/c1-13-4-2-3-5-18(13)16-8-6-14(10-16)15-7-9-17-12-20-21-19(17)11-15/h2-5,7-11H,6,12H2,1H3. The van der Waals surface area contributed by atoms with E-state index < -0.39 is 0 Å². The van der Waals surface area contributed by atoms with Crippen molar-refractivity contribution in [2.45, 2.75) is 19.9 Å². The second kappa shape index (κ2) is 4.81. The van der Waals surface area contributed by atoms with E-state index in [1.807, 2.05) is 0 Å². The highest BCUT2D eigenvalue weighted by atomic mass is 15.1. The number of azo groups is 1. The predicted octanol–water partition coefficient (Wildman–Crippen LogP) is 5.46. The van der Waals surface area contributed by atoms with Gasteiger partial charge < -0.3 is 0 Å². The Labute approximate surface area is 124 Å². The van der Waals surface area contributed by atoms with Crippen LogP contribution in [0, 0.1) is 6.92 Å². The largest absolute Gasteiger partial charge is 0.184 e. The number of allylic oxidation sites excluding steroid dienone is 4. The van der Waals surface area contributed by atoms with E-state index in [1.165, 1.54) is 33.4 Å². The van der Waals surface area contributed by atoms with Gasteiger partial charge in [-0.05, 0) is 47.2 Å². The van der Waals surface area contributed by atoms with Crippen LogP contribution in [0.4, 0.5) is 5.69 Å². The number of hydrogen-bond donors (Lipinski definition) is 0. The summed E-state index contributed by atoms with van der Waals surface area (Å²) in [6.07, 6.45) is 5.60. The van der Waals surface area contributed by atoms with Crippen molar-refractivity contribution in [2.24, 2.45) is 10.2 Å². The molecule has 102 valence electrons. The average molecular weight is 272 g/mol. The maximum atomic E-state index is 4.20. The molecular weight excluding hydrogens is 256 g/mol. The second-order valence-electron chi connectivity index (χ2n) is 5.59. The molecule has 0 unspecified atom stereocenters. The summed E-state index contributed by atoms with van der Waals surface area (Å²) >= 11 is 0. The molecule has 0 aromatic heterocycles. The third-order valence-electron chi connectivity index (χ3n) is 4.20. The summed E-state index contributed by atoms with van der Waals surface area (Å²) in [6, 6.07) is 15.0. The quantitative estimate of drug-likeness (QED) is 0.693. The molecule has 0 saturated carbocycles. The molecule has 0 spiro atoms. The van der Waals surface area contributed by atoms with Gasteiger partial charge in [-0.1, -0.05) is 48.6 Å². The molecular formula is C19H16N2. The average Bonchev–Trinajstić information content (AvgIpc) is 3.16. The smallest absolute Gasteiger partial charge is 0.0910 e. The van der Waals surface area contributed by atoms with E-state index in [9.17, 15) is 0 Å². The van der Waals surface area contributed by atoms with Gasteiger partial charge >= 0.3 is 0 Å². The van der Waals surface area contributed by atoms with Crippen molar-refractivity contribution >= 4 is 16.8 Å². The first kappa shape index (κ1) is 12.3. The maximum Gasteiger partial charge on any atom is 0.0910 e. The van der Waals surface area contributed by atoms with Crippen LogP contribution in [0.25, 0.3) is 11.1 Å². The van der Waals surface area contributed by atoms with Crippen molar-refractivity contribution in [3.05, 3.63) is 76.9 Å². The molecule has 0 bridgehead atoms. The number of benzene rings is 2. The minimum Gasteiger partial charge on any atom is -0.184 e. The first-order valence-corrected chi connectivity index (χ1v) is 7.29. The topological polar surface area (TPSA) is 24.7 Å². The van der Waals surface area contributed by atoms with Crippen LogP contribution in [0.1, 0.15) is 28.7 Å². The van der Waals surface area contributed by atoms with E-state index >= 15 is 0 Å². The van der Waals surface area contributed by atoms with E-state index in [0.717, 1.165) is 18.7 Å². The molecule has 1 heterocycles. The summed E-state index contributed by atoms with van der Waals surface area (Å²) in [5, 5.41) is 8.29. The van der Waals surface area contributed by atoms with Gasteiger partial charge in [-0.2, -0.15) is 10.2 Å². The third kappa shape index (κ3) is 2.13. The number of fused-ring (bicyclic) bond motifs is 1. The summed E-state index contributed by atoms with van der Waals surface area (Å²) in [4.78, 5) is 0. The highest BCUT2D eigenvalue weighted by Gasteiger charge is 2.14. The van der Waals surface area contributed by atoms with Crippen molar-refractivity contribution < 1.29 is 0 Å². The highest BCUT2D eigenvalue weighted by Crippen LogP contribution is 2.36. The van der Waals surface area contributed by atoms with Crippen molar-refractivity contribution in [3.8, 4) is 0 Å². The van der Waals surface area contributed by atoms with E-state index in [0.29, 0.717) is 0 Å². The summed E-state index contributed by atoms with van der Waals surface area (Å²) in [6.45, 7) is 2.89. The fourth-order valence-corrected chi connectivity index (χ4v) is 2.99. The Morgan fingerprint density at radius 3 is 2.86 bits per heavy atom. The lowest BCUT2D eigenvalue weighted by Gasteiger charge is -2.05. The Morgan fingerprint density at radius 2 is 1.95 bits per heavy atom. The monoisotopic (exact) mass is 272 g/mol.